The van der Waals surface area contributed by atoms with Crippen LogP contribution in [0, 0.1) is 0 Å². The van der Waals surface area contributed by atoms with Gasteiger partial charge in [0.25, 0.3) is 0 Å². The number of aliphatic imine (C=N–C) groups is 1. The zero-order valence-corrected chi connectivity index (χ0v) is 19.7. The lowest BCUT2D eigenvalue weighted by Gasteiger charge is -2.23. The zero-order chi connectivity index (χ0) is 23.5. The van der Waals surface area contributed by atoms with Crippen LogP contribution >= 0.6 is 11.3 Å². The lowest BCUT2D eigenvalue weighted by atomic mass is 10.1. The van der Waals surface area contributed by atoms with Crippen LogP contribution in [-0.4, -0.2) is 59.0 Å². The Morgan fingerprint density at radius 1 is 1.21 bits per heavy atom. The van der Waals surface area contributed by atoms with Gasteiger partial charge in [-0.1, -0.05) is 0 Å². The van der Waals surface area contributed by atoms with Crippen LogP contribution in [0.25, 0.3) is 21.1 Å². The molecule has 0 radical (unpaired) electrons. The maximum Gasteiger partial charge on any atom is 0.145 e. The number of hydrogen-bond donors (Lipinski definition) is 2. The van der Waals surface area contributed by atoms with Gasteiger partial charge in [-0.15, -0.1) is 11.3 Å². The van der Waals surface area contributed by atoms with E-state index in [1.54, 1.807) is 24.6 Å². The highest BCUT2D eigenvalue weighted by atomic mass is 32.1. The number of nitrogens with one attached hydrogen (secondary N) is 1. The number of nitrogens with zero attached hydrogens (tertiary/aromatic N) is 6. The maximum atomic E-state index is 6.44. The molecule has 34 heavy (non-hydrogen) atoms. The highest BCUT2D eigenvalue weighted by Crippen LogP contribution is 2.35. The molecular weight excluding hydrogens is 448 g/mol. The molecule has 9 nitrogen and oxygen atoms in total. The summed E-state index contributed by atoms with van der Waals surface area (Å²) in [7, 11) is 3.75. The first-order valence-corrected chi connectivity index (χ1v) is 11.7. The topological polar surface area (TPSA) is 114 Å². The number of nitrogens with two attached hydrogens (primary N) is 1. The van der Waals surface area contributed by atoms with Crippen molar-refractivity contribution in [2.45, 2.75) is 6.42 Å². The van der Waals surface area contributed by atoms with Crippen molar-refractivity contribution < 1.29 is 4.74 Å². The van der Waals surface area contributed by atoms with E-state index in [0.717, 1.165) is 52.1 Å². The molecule has 2 aromatic heterocycles. The minimum absolute atomic E-state index is 0.535. The Kier molecular flexibility index (Phi) is 6.15. The predicted molar refractivity (Wildman–Crippen MR) is 138 cm³/mol. The summed E-state index contributed by atoms with van der Waals surface area (Å²) in [5, 5.41) is 8.11. The second-order valence-electron chi connectivity index (χ2n) is 7.95. The van der Waals surface area contributed by atoms with Crippen molar-refractivity contribution in [2.75, 3.05) is 32.5 Å². The molecule has 0 atom stereocenters. The molecule has 0 unspecified atom stereocenters. The van der Waals surface area contributed by atoms with Crippen molar-refractivity contribution in [1.82, 2.24) is 19.9 Å². The molecule has 0 saturated carbocycles. The smallest absolute Gasteiger partial charge is 0.145 e. The van der Waals surface area contributed by atoms with Crippen LogP contribution < -0.4 is 15.9 Å². The molecule has 0 saturated heterocycles. The summed E-state index contributed by atoms with van der Waals surface area (Å²) in [6.45, 7) is 1.72. The van der Waals surface area contributed by atoms with E-state index < -0.39 is 0 Å². The number of fused-ring (bicyclic) bond motifs is 2. The molecular formula is C24H24N8OS. The highest BCUT2D eigenvalue weighted by molar-refractivity contribution is 7.16. The standard InChI is InChI=1S/C24H24N8OS/c1-26-11-20(31-25)15-8-19-23(21(9-15)33-17-4-3-7-32(2)12-17)24(28-13-27-19)30-16-5-6-18-22(10-16)34-14-29-18/h4-6,8-11,13-14H,3,7,12,25H2,1-2H3,(H,27,28,30)/b26-11?,31-20+. The summed E-state index contributed by atoms with van der Waals surface area (Å²) in [5.74, 6) is 7.80. The van der Waals surface area contributed by atoms with Gasteiger partial charge in [0.2, 0.25) is 0 Å². The highest BCUT2D eigenvalue weighted by Gasteiger charge is 2.18. The first-order chi connectivity index (χ1) is 16.6. The quantitative estimate of drug-likeness (QED) is 0.248. The van der Waals surface area contributed by atoms with E-state index >= 15 is 0 Å². The van der Waals surface area contributed by atoms with E-state index in [1.165, 1.54) is 6.33 Å². The number of likely N-dealkylation sites (N-methyl/N-ethyl adjacent to an activating group) is 1. The van der Waals surface area contributed by atoms with Crippen LogP contribution in [0.3, 0.4) is 0 Å². The number of ether oxygens (including phenoxy) is 1. The fourth-order valence-electron chi connectivity index (χ4n) is 3.92. The van der Waals surface area contributed by atoms with Crippen molar-refractivity contribution in [3.8, 4) is 5.75 Å². The molecule has 2 aromatic carbocycles. The van der Waals surface area contributed by atoms with Gasteiger partial charge in [0, 0.05) is 31.1 Å². The molecule has 4 aromatic rings. The monoisotopic (exact) mass is 472 g/mol. The Morgan fingerprint density at radius 3 is 2.94 bits per heavy atom. The van der Waals surface area contributed by atoms with Gasteiger partial charge in [0.05, 0.1) is 33.2 Å². The van der Waals surface area contributed by atoms with Crippen molar-refractivity contribution in [1.29, 1.82) is 0 Å². The van der Waals surface area contributed by atoms with Gasteiger partial charge in [-0.25, -0.2) is 15.0 Å². The van der Waals surface area contributed by atoms with Crippen LogP contribution in [0.15, 0.2) is 64.1 Å². The molecule has 1 aliphatic rings. The second kappa shape index (κ2) is 9.54. The van der Waals surface area contributed by atoms with E-state index in [1.807, 2.05) is 29.8 Å². The van der Waals surface area contributed by atoms with Gasteiger partial charge in [-0.05, 0) is 49.9 Å². The Hall–Kier alpha value is -3.89. The normalized spacial score (nSPS) is 15.2. The number of hydrazone groups is 1. The maximum absolute atomic E-state index is 6.44. The van der Waals surface area contributed by atoms with Crippen molar-refractivity contribution in [2.24, 2.45) is 15.9 Å². The van der Waals surface area contributed by atoms with Crippen LogP contribution in [-0.2, 0) is 0 Å². The minimum atomic E-state index is 0.535. The number of thiazole rings is 1. The van der Waals surface area contributed by atoms with E-state index in [-0.39, 0.29) is 0 Å². The fourth-order valence-corrected chi connectivity index (χ4v) is 4.64. The lowest BCUT2D eigenvalue weighted by Crippen LogP contribution is -2.27. The third-order valence-electron chi connectivity index (χ3n) is 5.53. The van der Waals surface area contributed by atoms with Crippen LogP contribution in [0.2, 0.25) is 0 Å². The first-order valence-electron chi connectivity index (χ1n) is 10.8. The SMILES string of the molecule is CN=C/C(=N\N)c1cc(OC2=CCCN(C)C2)c2c(Nc3ccc4ncsc4c3)ncnc2c1. The van der Waals surface area contributed by atoms with Crippen LogP contribution in [0.4, 0.5) is 11.5 Å². The third kappa shape index (κ3) is 4.45. The number of aromatic nitrogens is 3. The summed E-state index contributed by atoms with van der Waals surface area (Å²) >= 11 is 1.60. The minimum Gasteiger partial charge on any atom is -0.460 e. The van der Waals surface area contributed by atoms with Crippen molar-refractivity contribution in [3.05, 3.63) is 59.6 Å². The summed E-state index contributed by atoms with van der Waals surface area (Å²) in [6, 6.07) is 9.86. The molecule has 10 heteroatoms. The summed E-state index contributed by atoms with van der Waals surface area (Å²) in [6.07, 6.45) is 6.20. The fraction of sp³-hybridized carbons (Fsp3) is 0.208. The summed E-state index contributed by atoms with van der Waals surface area (Å²) < 4.78 is 7.54. The second-order valence-corrected chi connectivity index (χ2v) is 8.84. The van der Waals surface area contributed by atoms with Gasteiger partial charge >= 0.3 is 0 Å². The molecule has 1 aliphatic heterocycles. The number of benzene rings is 2. The average Bonchev–Trinajstić information content (AvgIpc) is 3.30. The largest absolute Gasteiger partial charge is 0.460 e. The summed E-state index contributed by atoms with van der Waals surface area (Å²) in [4.78, 5) is 19.7. The number of hydrogen-bond acceptors (Lipinski definition) is 10. The number of rotatable bonds is 6. The van der Waals surface area contributed by atoms with E-state index in [4.69, 9.17) is 10.6 Å². The third-order valence-corrected chi connectivity index (χ3v) is 6.32. The first kappa shape index (κ1) is 21.9. The molecule has 0 spiro atoms. The Labute approximate surface area is 200 Å². The molecule has 0 amide bonds. The number of anilines is 2. The van der Waals surface area contributed by atoms with E-state index in [9.17, 15) is 0 Å². The predicted octanol–water partition coefficient (Wildman–Crippen LogP) is 3.94. The molecule has 5 rings (SSSR count). The van der Waals surface area contributed by atoms with E-state index in [0.29, 0.717) is 22.8 Å². The molecule has 3 heterocycles. The van der Waals surface area contributed by atoms with Crippen LogP contribution in [0.1, 0.15) is 12.0 Å². The molecule has 0 aliphatic carbocycles. The van der Waals surface area contributed by atoms with Gasteiger partial charge in [0.15, 0.2) is 0 Å². The van der Waals surface area contributed by atoms with Crippen molar-refractivity contribution in [3.63, 3.8) is 0 Å². The zero-order valence-electron chi connectivity index (χ0n) is 18.9. The van der Waals surface area contributed by atoms with Gasteiger partial charge in [-0.3, -0.25) is 9.89 Å². The average molecular weight is 473 g/mol. The van der Waals surface area contributed by atoms with Gasteiger partial charge < -0.3 is 15.9 Å². The van der Waals surface area contributed by atoms with Gasteiger partial charge in [-0.2, -0.15) is 5.10 Å². The van der Waals surface area contributed by atoms with Crippen molar-refractivity contribution >= 4 is 55.9 Å². The van der Waals surface area contributed by atoms with Crippen LogP contribution in [0.5, 0.6) is 5.75 Å². The summed E-state index contributed by atoms with van der Waals surface area (Å²) in [5.41, 5.74) is 5.72. The lowest BCUT2D eigenvalue weighted by molar-refractivity contribution is 0.284. The molecule has 0 bridgehead atoms. The molecule has 3 N–H and O–H groups in total. The molecule has 172 valence electrons. The Bertz CT molecular complexity index is 1440. The molecule has 0 fully saturated rings. The van der Waals surface area contributed by atoms with E-state index in [2.05, 4.69) is 54.5 Å². The Morgan fingerprint density at radius 2 is 2.12 bits per heavy atom. The Balaban J connectivity index is 1.63. The van der Waals surface area contributed by atoms with Gasteiger partial charge in [0.1, 0.15) is 29.4 Å².